The molecule has 1 aliphatic carbocycles. The van der Waals surface area contributed by atoms with Crippen molar-refractivity contribution in [1.82, 2.24) is 15.3 Å². The van der Waals surface area contributed by atoms with E-state index in [1.165, 1.54) is 0 Å². The number of aryl methyl sites for hydroxylation is 1. The van der Waals surface area contributed by atoms with E-state index in [0.717, 1.165) is 40.3 Å². The van der Waals surface area contributed by atoms with Gasteiger partial charge >= 0.3 is 0 Å². The molecule has 1 fully saturated rings. The van der Waals surface area contributed by atoms with Crippen LogP contribution in [0.1, 0.15) is 33.9 Å². The molecule has 25 heavy (non-hydrogen) atoms. The van der Waals surface area contributed by atoms with E-state index in [0.29, 0.717) is 18.2 Å². The van der Waals surface area contributed by atoms with Crippen molar-refractivity contribution >= 4 is 34.0 Å². The van der Waals surface area contributed by atoms with E-state index in [9.17, 15) is 4.79 Å². The third-order valence-corrected chi connectivity index (χ3v) is 5.24. The lowest BCUT2D eigenvalue weighted by molar-refractivity contribution is 0.0952. The van der Waals surface area contributed by atoms with E-state index in [-0.39, 0.29) is 5.91 Å². The molecular weight excluding hydrogens is 332 g/mol. The van der Waals surface area contributed by atoms with E-state index in [1.807, 2.05) is 54.6 Å². The summed E-state index contributed by atoms with van der Waals surface area (Å²) in [5.74, 6) is 0.772. The zero-order chi connectivity index (χ0) is 17.4. The Balaban J connectivity index is 1.69. The summed E-state index contributed by atoms with van der Waals surface area (Å²) in [4.78, 5) is 24.0. The van der Waals surface area contributed by atoms with E-state index >= 15 is 0 Å². The molecule has 1 aromatic carbocycles. The van der Waals surface area contributed by atoms with Crippen LogP contribution in [0.4, 0.5) is 5.82 Å². The van der Waals surface area contributed by atoms with Crippen LogP contribution in [-0.4, -0.2) is 29.0 Å². The first kappa shape index (κ1) is 16.0. The van der Waals surface area contributed by atoms with Crippen molar-refractivity contribution in [2.45, 2.75) is 32.4 Å². The fraction of sp³-hybridized carbons (Fsp3) is 0.316. The molecule has 5 nitrogen and oxygen atoms in total. The molecule has 4 rings (SSSR count). The number of carbonyl (C=O) groups excluding carboxylic acids is 1. The summed E-state index contributed by atoms with van der Waals surface area (Å²) in [6.07, 6.45) is 2.15. The summed E-state index contributed by atoms with van der Waals surface area (Å²) < 4.78 is 0. The fourth-order valence-corrected chi connectivity index (χ4v) is 3.62. The van der Waals surface area contributed by atoms with Gasteiger partial charge in [-0.05, 0) is 31.9 Å². The number of nitrogens with one attached hydrogen (secondary N) is 1. The zero-order valence-electron chi connectivity index (χ0n) is 14.3. The number of fused-ring (bicyclic) bond motifs is 1. The molecule has 1 N–H and O–H groups in total. The highest BCUT2D eigenvalue weighted by Gasteiger charge is 2.25. The Morgan fingerprint density at radius 3 is 2.84 bits per heavy atom. The maximum Gasteiger partial charge on any atom is 0.252 e. The van der Waals surface area contributed by atoms with Gasteiger partial charge in [0.2, 0.25) is 0 Å². The first-order valence-corrected chi connectivity index (χ1v) is 9.31. The second-order valence-corrected chi connectivity index (χ2v) is 7.47. The molecule has 0 atom stereocenters. The number of nitrogens with zero attached hydrogens (tertiary/aromatic N) is 3. The van der Waals surface area contributed by atoms with Gasteiger partial charge in [-0.15, -0.1) is 11.3 Å². The first-order chi connectivity index (χ1) is 12.1. The quantitative estimate of drug-likeness (QED) is 0.763. The van der Waals surface area contributed by atoms with Gasteiger partial charge in [0, 0.05) is 29.5 Å². The summed E-state index contributed by atoms with van der Waals surface area (Å²) in [5, 5.41) is 7.07. The summed E-state index contributed by atoms with van der Waals surface area (Å²) >= 11 is 1.64. The highest BCUT2D eigenvalue weighted by molar-refractivity contribution is 7.09. The molecule has 0 aliphatic heterocycles. The van der Waals surface area contributed by atoms with Gasteiger partial charge in [0.25, 0.3) is 5.91 Å². The van der Waals surface area contributed by atoms with Gasteiger partial charge < -0.3 is 10.2 Å². The van der Waals surface area contributed by atoms with E-state index in [1.54, 1.807) is 11.3 Å². The molecule has 1 amide bonds. The van der Waals surface area contributed by atoms with Crippen LogP contribution in [0.15, 0.2) is 35.7 Å². The number of benzene rings is 1. The second-order valence-electron chi connectivity index (χ2n) is 6.53. The molecule has 0 radical (unpaired) electrons. The summed E-state index contributed by atoms with van der Waals surface area (Å²) in [7, 11) is 1.98. The Kier molecular flexibility index (Phi) is 4.13. The van der Waals surface area contributed by atoms with Crippen LogP contribution in [0.25, 0.3) is 10.9 Å². The summed E-state index contributed by atoms with van der Waals surface area (Å²) in [5.41, 5.74) is 2.56. The largest absolute Gasteiger partial charge is 0.353 e. The molecule has 2 heterocycles. The second kappa shape index (κ2) is 6.44. The van der Waals surface area contributed by atoms with Crippen molar-refractivity contribution in [3.63, 3.8) is 0 Å². The zero-order valence-corrected chi connectivity index (χ0v) is 15.1. The van der Waals surface area contributed by atoms with Crippen LogP contribution in [-0.2, 0) is 6.54 Å². The monoisotopic (exact) mass is 352 g/mol. The average Bonchev–Trinajstić information content (AvgIpc) is 3.33. The van der Waals surface area contributed by atoms with Crippen molar-refractivity contribution in [2.75, 3.05) is 11.9 Å². The van der Waals surface area contributed by atoms with Crippen molar-refractivity contribution in [1.29, 1.82) is 0 Å². The minimum Gasteiger partial charge on any atom is -0.353 e. The minimum absolute atomic E-state index is 0.0131. The van der Waals surface area contributed by atoms with E-state index < -0.39 is 0 Å². The number of hydrogen-bond donors (Lipinski definition) is 1. The van der Waals surface area contributed by atoms with Crippen LogP contribution in [0.3, 0.4) is 0 Å². The van der Waals surface area contributed by atoms with Crippen LogP contribution in [0.2, 0.25) is 0 Å². The van der Waals surface area contributed by atoms with Crippen molar-refractivity contribution in [3.8, 4) is 0 Å². The predicted octanol–water partition coefficient (Wildman–Crippen LogP) is 3.53. The van der Waals surface area contributed by atoms with E-state index in [2.05, 4.69) is 10.3 Å². The molecule has 6 heteroatoms. The molecule has 128 valence electrons. The minimum atomic E-state index is -0.0131. The lowest BCUT2D eigenvalue weighted by Gasteiger charge is -2.19. The topological polar surface area (TPSA) is 58.1 Å². The smallest absolute Gasteiger partial charge is 0.252 e. The van der Waals surface area contributed by atoms with Gasteiger partial charge in [0.05, 0.1) is 17.6 Å². The van der Waals surface area contributed by atoms with Gasteiger partial charge in [-0.25, -0.2) is 9.97 Å². The maximum atomic E-state index is 12.7. The van der Waals surface area contributed by atoms with Gasteiger partial charge in [-0.2, -0.15) is 0 Å². The molecule has 0 unspecified atom stereocenters. The fourth-order valence-electron chi connectivity index (χ4n) is 2.79. The van der Waals surface area contributed by atoms with Crippen molar-refractivity contribution in [2.24, 2.45) is 0 Å². The normalized spacial score (nSPS) is 13.8. The molecule has 1 saturated carbocycles. The predicted molar refractivity (Wildman–Crippen MR) is 101 cm³/mol. The molecule has 2 aromatic heterocycles. The van der Waals surface area contributed by atoms with Crippen LogP contribution in [0, 0.1) is 6.92 Å². The van der Waals surface area contributed by atoms with Crippen molar-refractivity contribution < 1.29 is 4.79 Å². The first-order valence-electron chi connectivity index (χ1n) is 8.43. The number of aromatic nitrogens is 2. The molecular formula is C19H20N4OS. The number of pyridine rings is 1. The summed E-state index contributed by atoms with van der Waals surface area (Å²) in [6.45, 7) is 2.67. The van der Waals surface area contributed by atoms with Crippen LogP contribution in [0.5, 0.6) is 0 Å². The Bertz CT molecular complexity index is 932. The molecule has 0 spiro atoms. The SMILES string of the molecule is Cc1csc(CN(C)c2cc(C(=O)NC3CC3)c3ccccc3n2)n1. The average molecular weight is 352 g/mol. The van der Waals surface area contributed by atoms with Gasteiger partial charge in [-0.1, -0.05) is 18.2 Å². The Hall–Kier alpha value is -2.47. The Labute approximate surface area is 150 Å². The van der Waals surface area contributed by atoms with Crippen LogP contribution >= 0.6 is 11.3 Å². The number of para-hydroxylation sites is 1. The Morgan fingerprint density at radius 1 is 1.32 bits per heavy atom. The van der Waals surface area contributed by atoms with Gasteiger partial charge in [0.15, 0.2) is 0 Å². The van der Waals surface area contributed by atoms with Gasteiger partial charge in [-0.3, -0.25) is 4.79 Å². The third-order valence-electron chi connectivity index (χ3n) is 4.29. The van der Waals surface area contributed by atoms with Crippen molar-refractivity contribution in [3.05, 3.63) is 52.0 Å². The van der Waals surface area contributed by atoms with E-state index in [4.69, 9.17) is 4.98 Å². The number of rotatable bonds is 5. The number of anilines is 1. The molecule has 0 bridgehead atoms. The lowest BCUT2D eigenvalue weighted by atomic mass is 10.1. The highest BCUT2D eigenvalue weighted by Crippen LogP contribution is 2.26. The molecule has 3 aromatic rings. The number of thiazole rings is 1. The molecule has 0 saturated heterocycles. The number of amides is 1. The molecule has 1 aliphatic rings. The van der Waals surface area contributed by atoms with Gasteiger partial charge in [0.1, 0.15) is 10.8 Å². The maximum absolute atomic E-state index is 12.7. The third kappa shape index (κ3) is 3.49. The summed E-state index contributed by atoms with van der Waals surface area (Å²) in [6, 6.07) is 10.0. The number of carbonyl (C=O) groups is 1. The standard InChI is InChI=1S/C19H20N4OS/c1-12-11-25-18(20-12)10-23(2)17-9-15(19(24)21-13-7-8-13)14-5-3-4-6-16(14)22-17/h3-6,9,11,13H,7-8,10H2,1-2H3,(H,21,24). The highest BCUT2D eigenvalue weighted by atomic mass is 32.1. The lowest BCUT2D eigenvalue weighted by Crippen LogP contribution is -2.26. The number of hydrogen-bond acceptors (Lipinski definition) is 5. The Morgan fingerprint density at radius 2 is 2.12 bits per heavy atom. The van der Waals surface area contributed by atoms with Crippen LogP contribution < -0.4 is 10.2 Å².